The first-order valence-electron chi connectivity index (χ1n) is 7.88. The molecule has 1 fully saturated rings. The van der Waals surface area contributed by atoms with Crippen LogP contribution in [-0.4, -0.2) is 39.1 Å². The lowest BCUT2D eigenvalue weighted by Gasteiger charge is -2.11. The van der Waals surface area contributed by atoms with E-state index in [0.29, 0.717) is 31.9 Å². The maximum atomic E-state index is 12.4. The second-order valence-electron chi connectivity index (χ2n) is 5.72. The molecule has 1 unspecified atom stereocenters. The summed E-state index contributed by atoms with van der Waals surface area (Å²) >= 11 is 1.44. The standard InChI is InChI=1S/C16H19N3O4S2/c20-16(18-10-15-17-5-7-24-15)13-2-1-3-14(8-13)25(21,22)19-9-12-4-6-23-11-12/h1-3,5,7-8,12,19H,4,6,9-11H2,(H,18,20). The van der Waals surface area contributed by atoms with E-state index in [1.807, 2.05) is 5.38 Å². The number of hydrogen-bond donors (Lipinski definition) is 2. The van der Waals surface area contributed by atoms with Gasteiger partial charge in [-0.15, -0.1) is 11.3 Å². The van der Waals surface area contributed by atoms with Gasteiger partial charge in [0.05, 0.1) is 18.0 Å². The van der Waals surface area contributed by atoms with Crippen molar-refractivity contribution in [2.45, 2.75) is 17.9 Å². The molecule has 134 valence electrons. The van der Waals surface area contributed by atoms with Crippen molar-refractivity contribution in [3.63, 3.8) is 0 Å². The zero-order chi connectivity index (χ0) is 17.7. The van der Waals surface area contributed by atoms with Crippen LogP contribution in [0.3, 0.4) is 0 Å². The van der Waals surface area contributed by atoms with Crippen molar-refractivity contribution in [2.75, 3.05) is 19.8 Å². The van der Waals surface area contributed by atoms with Crippen LogP contribution in [0, 0.1) is 5.92 Å². The van der Waals surface area contributed by atoms with Crippen molar-refractivity contribution in [1.29, 1.82) is 0 Å². The van der Waals surface area contributed by atoms with E-state index in [1.165, 1.54) is 23.5 Å². The maximum Gasteiger partial charge on any atom is 0.251 e. The van der Waals surface area contributed by atoms with Gasteiger partial charge in [-0.25, -0.2) is 18.1 Å². The summed E-state index contributed by atoms with van der Waals surface area (Å²) in [4.78, 5) is 16.4. The van der Waals surface area contributed by atoms with Crippen molar-refractivity contribution < 1.29 is 17.9 Å². The Balaban J connectivity index is 1.64. The number of carbonyl (C=O) groups is 1. The fourth-order valence-electron chi connectivity index (χ4n) is 2.46. The Morgan fingerprint density at radius 3 is 3.00 bits per heavy atom. The lowest BCUT2D eigenvalue weighted by Crippen LogP contribution is -2.30. The molecule has 1 aliphatic heterocycles. The molecule has 0 spiro atoms. The Morgan fingerprint density at radius 1 is 1.40 bits per heavy atom. The van der Waals surface area contributed by atoms with Gasteiger partial charge in [0.25, 0.3) is 5.91 Å². The minimum absolute atomic E-state index is 0.0771. The second kappa shape index (κ2) is 8.05. The van der Waals surface area contributed by atoms with Crippen LogP contribution in [0.15, 0.2) is 40.7 Å². The van der Waals surface area contributed by atoms with Crippen LogP contribution in [0.5, 0.6) is 0 Å². The van der Waals surface area contributed by atoms with Crippen LogP contribution in [0.2, 0.25) is 0 Å². The number of nitrogens with one attached hydrogen (secondary N) is 2. The summed E-state index contributed by atoms with van der Waals surface area (Å²) < 4.78 is 32.7. The highest BCUT2D eigenvalue weighted by Crippen LogP contribution is 2.15. The molecule has 25 heavy (non-hydrogen) atoms. The summed E-state index contributed by atoms with van der Waals surface area (Å²) in [7, 11) is -3.66. The lowest BCUT2D eigenvalue weighted by molar-refractivity contribution is 0.0950. The van der Waals surface area contributed by atoms with E-state index in [-0.39, 0.29) is 16.7 Å². The summed E-state index contributed by atoms with van der Waals surface area (Å²) in [6.07, 6.45) is 2.52. The van der Waals surface area contributed by atoms with Gasteiger partial charge in [0.2, 0.25) is 10.0 Å². The number of carbonyl (C=O) groups excluding carboxylic acids is 1. The number of hydrogen-bond acceptors (Lipinski definition) is 6. The van der Waals surface area contributed by atoms with E-state index >= 15 is 0 Å². The molecule has 7 nitrogen and oxygen atoms in total. The number of thiazole rings is 1. The molecule has 2 N–H and O–H groups in total. The van der Waals surface area contributed by atoms with E-state index in [2.05, 4.69) is 15.0 Å². The monoisotopic (exact) mass is 381 g/mol. The molecular formula is C16H19N3O4S2. The highest BCUT2D eigenvalue weighted by atomic mass is 32.2. The van der Waals surface area contributed by atoms with Crippen LogP contribution in [-0.2, 0) is 21.3 Å². The van der Waals surface area contributed by atoms with Gasteiger partial charge in [0.15, 0.2) is 0 Å². The van der Waals surface area contributed by atoms with E-state index in [4.69, 9.17) is 4.74 Å². The van der Waals surface area contributed by atoms with Gasteiger partial charge in [0, 0.05) is 30.3 Å². The molecule has 9 heteroatoms. The molecule has 2 heterocycles. The average Bonchev–Trinajstić information content (AvgIpc) is 3.31. The van der Waals surface area contributed by atoms with E-state index in [1.54, 1.807) is 18.3 Å². The Labute approximate surface area is 150 Å². The molecular weight excluding hydrogens is 362 g/mol. The normalized spacial score (nSPS) is 17.5. The van der Waals surface area contributed by atoms with Gasteiger partial charge in [-0.3, -0.25) is 4.79 Å². The molecule has 1 aromatic heterocycles. The lowest BCUT2D eigenvalue weighted by atomic mass is 10.1. The minimum Gasteiger partial charge on any atom is -0.381 e. The van der Waals surface area contributed by atoms with Gasteiger partial charge in [-0.1, -0.05) is 6.07 Å². The molecule has 1 atom stereocenters. The van der Waals surface area contributed by atoms with E-state index in [9.17, 15) is 13.2 Å². The minimum atomic E-state index is -3.66. The van der Waals surface area contributed by atoms with Crippen LogP contribution in [0.25, 0.3) is 0 Å². The SMILES string of the molecule is O=C(NCc1nccs1)c1cccc(S(=O)(=O)NCC2CCOC2)c1. The molecule has 2 aromatic rings. The summed E-state index contributed by atoms with van der Waals surface area (Å²) in [6, 6.07) is 6.00. The molecule has 3 rings (SSSR count). The Morgan fingerprint density at radius 2 is 2.28 bits per heavy atom. The molecule has 1 aromatic carbocycles. The molecule has 1 aliphatic rings. The highest BCUT2D eigenvalue weighted by molar-refractivity contribution is 7.89. The first-order valence-corrected chi connectivity index (χ1v) is 10.2. The van der Waals surface area contributed by atoms with Gasteiger partial charge < -0.3 is 10.1 Å². The van der Waals surface area contributed by atoms with Crippen LogP contribution < -0.4 is 10.0 Å². The fraction of sp³-hybridized carbons (Fsp3) is 0.375. The zero-order valence-electron chi connectivity index (χ0n) is 13.5. The molecule has 0 radical (unpaired) electrons. The smallest absolute Gasteiger partial charge is 0.251 e. The topological polar surface area (TPSA) is 97.4 Å². The first kappa shape index (κ1) is 18.0. The number of amides is 1. The predicted octanol–water partition coefficient (Wildman–Crippen LogP) is 1.39. The summed E-state index contributed by atoms with van der Waals surface area (Å²) in [5, 5.41) is 5.35. The van der Waals surface area contributed by atoms with Crippen molar-refractivity contribution in [2.24, 2.45) is 5.92 Å². The maximum absolute atomic E-state index is 12.4. The Bertz CT molecular complexity index is 816. The fourth-order valence-corrected chi connectivity index (χ4v) is 4.18. The Hall–Kier alpha value is -1.81. The van der Waals surface area contributed by atoms with Gasteiger partial charge in [-0.2, -0.15) is 0 Å². The van der Waals surface area contributed by atoms with Gasteiger partial charge >= 0.3 is 0 Å². The van der Waals surface area contributed by atoms with E-state index < -0.39 is 10.0 Å². The van der Waals surface area contributed by atoms with Gasteiger partial charge in [0.1, 0.15) is 5.01 Å². The first-order chi connectivity index (χ1) is 12.0. The van der Waals surface area contributed by atoms with Crippen molar-refractivity contribution in [1.82, 2.24) is 15.0 Å². The highest BCUT2D eigenvalue weighted by Gasteiger charge is 2.21. The summed E-state index contributed by atoms with van der Waals surface area (Å²) in [6.45, 7) is 1.89. The Kier molecular flexibility index (Phi) is 5.79. The van der Waals surface area contributed by atoms with Crippen LogP contribution >= 0.6 is 11.3 Å². The number of aromatic nitrogens is 1. The van der Waals surface area contributed by atoms with Crippen LogP contribution in [0.1, 0.15) is 21.8 Å². The molecule has 0 aliphatic carbocycles. The molecule has 1 saturated heterocycles. The van der Waals surface area contributed by atoms with E-state index in [0.717, 1.165) is 11.4 Å². The number of sulfonamides is 1. The van der Waals surface area contributed by atoms with Crippen LogP contribution in [0.4, 0.5) is 0 Å². The van der Waals surface area contributed by atoms with Gasteiger partial charge in [-0.05, 0) is 30.5 Å². The average molecular weight is 381 g/mol. The number of rotatable bonds is 7. The second-order valence-corrected chi connectivity index (χ2v) is 8.46. The van der Waals surface area contributed by atoms with Crippen molar-refractivity contribution in [3.05, 3.63) is 46.4 Å². The zero-order valence-corrected chi connectivity index (χ0v) is 15.1. The molecule has 1 amide bonds. The summed E-state index contributed by atoms with van der Waals surface area (Å²) in [5.74, 6) is -0.143. The number of nitrogens with zero attached hydrogens (tertiary/aromatic N) is 1. The molecule has 0 bridgehead atoms. The summed E-state index contributed by atoms with van der Waals surface area (Å²) in [5.41, 5.74) is 0.295. The predicted molar refractivity (Wildman–Crippen MR) is 93.8 cm³/mol. The third-order valence-electron chi connectivity index (χ3n) is 3.88. The number of ether oxygens (including phenoxy) is 1. The van der Waals surface area contributed by atoms with Crippen molar-refractivity contribution in [3.8, 4) is 0 Å². The third-order valence-corrected chi connectivity index (χ3v) is 6.08. The largest absolute Gasteiger partial charge is 0.381 e. The van der Waals surface area contributed by atoms with Crippen molar-refractivity contribution >= 4 is 27.3 Å². The number of benzene rings is 1. The molecule has 0 saturated carbocycles. The quantitative estimate of drug-likeness (QED) is 0.755. The third kappa shape index (κ3) is 4.85.